The van der Waals surface area contributed by atoms with Crippen LogP contribution >= 0.6 is 11.3 Å². The van der Waals surface area contributed by atoms with E-state index in [1.54, 1.807) is 23.8 Å². The van der Waals surface area contributed by atoms with E-state index in [4.69, 9.17) is 5.73 Å². The largest absolute Gasteiger partial charge is 0.320 e. The lowest BCUT2D eigenvalue weighted by Crippen LogP contribution is -2.12. The molecule has 0 atom stereocenters. The zero-order valence-corrected chi connectivity index (χ0v) is 10.2. The van der Waals surface area contributed by atoms with Crippen LogP contribution in [0.15, 0.2) is 30.0 Å². The van der Waals surface area contributed by atoms with E-state index in [0.717, 1.165) is 0 Å². The number of nitrogens with zero attached hydrogens (tertiary/aromatic N) is 2. The number of nitrogens with one attached hydrogen (secondary N) is 1. The summed E-state index contributed by atoms with van der Waals surface area (Å²) in [4.78, 5) is 19.8. The van der Waals surface area contributed by atoms with Crippen LogP contribution in [-0.4, -0.2) is 22.4 Å². The summed E-state index contributed by atoms with van der Waals surface area (Å²) >= 11 is 1.36. The van der Waals surface area contributed by atoms with Gasteiger partial charge in [-0.05, 0) is 6.07 Å². The van der Waals surface area contributed by atoms with Crippen molar-refractivity contribution in [1.29, 1.82) is 0 Å². The Morgan fingerprint density at radius 2 is 2.39 bits per heavy atom. The summed E-state index contributed by atoms with van der Waals surface area (Å²) in [6.07, 6.45) is 4.70. The number of pyridine rings is 1. The summed E-state index contributed by atoms with van der Waals surface area (Å²) < 4.78 is 0. The number of carbonyl (C=O) groups is 1. The molecule has 0 aliphatic carbocycles. The van der Waals surface area contributed by atoms with Gasteiger partial charge in [-0.1, -0.05) is 11.8 Å². The van der Waals surface area contributed by atoms with Gasteiger partial charge >= 0.3 is 0 Å². The molecule has 0 radical (unpaired) electrons. The molecule has 0 saturated heterocycles. The van der Waals surface area contributed by atoms with Gasteiger partial charge in [0.25, 0.3) is 5.91 Å². The number of carbonyl (C=O) groups excluding carboxylic acids is 1. The average Bonchev–Trinajstić information content (AvgIpc) is 2.89. The van der Waals surface area contributed by atoms with Gasteiger partial charge in [0.05, 0.1) is 12.1 Å². The van der Waals surface area contributed by atoms with Gasteiger partial charge in [-0.25, -0.2) is 4.98 Å². The summed E-state index contributed by atoms with van der Waals surface area (Å²) in [7, 11) is 0. The van der Waals surface area contributed by atoms with Crippen LogP contribution in [0.25, 0.3) is 0 Å². The molecule has 0 aliphatic heterocycles. The van der Waals surface area contributed by atoms with Crippen molar-refractivity contribution in [2.75, 3.05) is 11.9 Å². The number of hydrogen-bond donors (Lipinski definition) is 2. The van der Waals surface area contributed by atoms with Crippen molar-refractivity contribution < 1.29 is 4.79 Å². The molecule has 6 heteroatoms. The van der Waals surface area contributed by atoms with E-state index in [0.29, 0.717) is 16.3 Å². The van der Waals surface area contributed by atoms with Crippen LogP contribution in [0, 0.1) is 11.8 Å². The maximum absolute atomic E-state index is 11.9. The fraction of sp³-hybridized carbons (Fsp3) is 0.0833. The molecule has 2 heterocycles. The summed E-state index contributed by atoms with van der Waals surface area (Å²) in [5, 5.41) is 5.02. The monoisotopic (exact) mass is 258 g/mol. The summed E-state index contributed by atoms with van der Waals surface area (Å²) in [5.41, 5.74) is 6.38. The van der Waals surface area contributed by atoms with Crippen molar-refractivity contribution in [2.45, 2.75) is 0 Å². The lowest BCUT2D eigenvalue weighted by atomic mass is 10.2. The third kappa shape index (κ3) is 3.13. The van der Waals surface area contributed by atoms with E-state index in [1.807, 2.05) is 0 Å². The minimum Gasteiger partial charge on any atom is -0.320 e. The lowest BCUT2D eigenvalue weighted by Gasteiger charge is -2.01. The molecule has 0 unspecified atom stereocenters. The van der Waals surface area contributed by atoms with E-state index in [2.05, 4.69) is 27.1 Å². The normalized spacial score (nSPS) is 9.39. The highest BCUT2D eigenvalue weighted by Crippen LogP contribution is 2.12. The van der Waals surface area contributed by atoms with E-state index in [1.165, 1.54) is 17.5 Å². The Morgan fingerprint density at radius 1 is 1.50 bits per heavy atom. The predicted octanol–water partition coefficient (Wildman–Crippen LogP) is 1.10. The van der Waals surface area contributed by atoms with E-state index < -0.39 is 0 Å². The van der Waals surface area contributed by atoms with E-state index in [-0.39, 0.29) is 12.5 Å². The number of thiazole rings is 1. The fourth-order valence-electron chi connectivity index (χ4n) is 1.24. The number of nitrogens with two attached hydrogens (primary N) is 1. The van der Waals surface area contributed by atoms with Crippen molar-refractivity contribution in [1.82, 2.24) is 9.97 Å². The summed E-state index contributed by atoms with van der Waals surface area (Å²) in [6.45, 7) is 0.273. The minimum atomic E-state index is -0.256. The average molecular weight is 258 g/mol. The van der Waals surface area contributed by atoms with Gasteiger partial charge in [0.15, 0.2) is 5.13 Å². The van der Waals surface area contributed by atoms with Gasteiger partial charge in [0, 0.05) is 29.5 Å². The highest BCUT2D eigenvalue weighted by Gasteiger charge is 2.08. The quantitative estimate of drug-likeness (QED) is 0.790. The van der Waals surface area contributed by atoms with Crippen molar-refractivity contribution in [3.63, 3.8) is 0 Å². The molecule has 5 nitrogen and oxygen atoms in total. The second-order valence-electron chi connectivity index (χ2n) is 3.26. The van der Waals surface area contributed by atoms with E-state index in [9.17, 15) is 4.79 Å². The molecule has 0 fully saturated rings. The van der Waals surface area contributed by atoms with Crippen molar-refractivity contribution in [3.05, 3.63) is 41.2 Å². The molecule has 0 saturated carbocycles. The fourth-order valence-corrected chi connectivity index (χ4v) is 1.76. The molecule has 90 valence electrons. The Kier molecular flexibility index (Phi) is 4.02. The first-order valence-corrected chi connectivity index (χ1v) is 6.02. The van der Waals surface area contributed by atoms with Crippen LogP contribution < -0.4 is 11.1 Å². The molecule has 3 N–H and O–H groups in total. The Morgan fingerprint density at radius 3 is 3.11 bits per heavy atom. The number of anilines is 1. The zero-order chi connectivity index (χ0) is 12.8. The van der Waals surface area contributed by atoms with Crippen molar-refractivity contribution in [2.24, 2.45) is 5.73 Å². The Hall–Kier alpha value is -2.23. The first-order valence-electron chi connectivity index (χ1n) is 5.14. The van der Waals surface area contributed by atoms with Gasteiger partial charge in [0.2, 0.25) is 0 Å². The van der Waals surface area contributed by atoms with Gasteiger partial charge in [-0.2, -0.15) is 0 Å². The van der Waals surface area contributed by atoms with Gasteiger partial charge in [-0.15, -0.1) is 11.3 Å². The zero-order valence-electron chi connectivity index (χ0n) is 9.38. The molecule has 0 bridgehead atoms. The Bertz CT molecular complexity index is 598. The van der Waals surface area contributed by atoms with Crippen LogP contribution in [0.1, 0.15) is 15.9 Å². The number of hydrogen-bond acceptors (Lipinski definition) is 5. The predicted molar refractivity (Wildman–Crippen MR) is 70.2 cm³/mol. The van der Waals surface area contributed by atoms with Gasteiger partial charge in [-0.3, -0.25) is 15.1 Å². The van der Waals surface area contributed by atoms with Crippen LogP contribution in [0.4, 0.5) is 5.13 Å². The van der Waals surface area contributed by atoms with Gasteiger partial charge in [0.1, 0.15) is 0 Å². The highest BCUT2D eigenvalue weighted by molar-refractivity contribution is 7.13. The van der Waals surface area contributed by atoms with Crippen LogP contribution in [0.2, 0.25) is 0 Å². The molecular formula is C12H10N4OS. The third-order valence-electron chi connectivity index (χ3n) is 1.99. The minimum absolute atomic E-state index is 0.256. The molecule has 0 aliphatic rings. The van der Waals surface area contributed by atoms with Crippen LogP contribution in [-0.2, 0) is 0 Å². The molecule has 0 aromatic carbocycles. The smallest absolute Gasteiger partial charge is 0.259 e. The van der Waals surface area contributed by atoms with Crippen LogP contribution in [0.3, 0.4) is 0 Å². The Labute approximate surface area is 108 Å². The van der Waals surface area contributed by atoms with Crippen LogP contribution in [0.5, 0.6) is 0 Å². The molecule has 2 rings (SSSR count). The van der Waals surface area contributed by atoms with Gasteiger partial charge < -0.3 is 5.73 Å². The molecular weight excluding hydrogens is 248 g/mol. The SMILES string of the molecule is NCC#Cc1cncc(C(=O)Nc2nccs2)c1. The summed E-state index contributed by atoms with van der Waals surface area (Å²) in [5.74, 6) is 5.28. The highest BCUT2D eigenvalue weighted by atomic mass is 32.1. The summed E-state index contributed by atoms with van der Waals surface area (Å²) in [6, 6.07) is 1.67. The number of rotatable bonds is 2. The maximum atomic E-state index is 11.9. The number of amides is 1. The Balaban J connectivity index is 2.15. The molecule has 18 heavy (non-hydrogen) atoms. The van der Waals surface area contributed by atoms with Crippen molar-refractivity contribution >= 4 is 22.4 Å². The first-order chi connectivity index (χ1) is 8.79. The van der Waals surface area contributed by atoms with E-state index >= 15 is 0 Å². The maximum Gasteiger partial charge on any atom is 0.259 e. The third-order valence-corrected chi connectivity index (χ3v) is 2.68. The molecule has 1 amide bonds. The number of aromatic nitrogens is 2. The first kappa shape index (κ1) is 12.2. The second kappa shape index (κ2) is 5.91. The van der Waals surface area contributed by atoms with Crippen molar-refractivity contribution in [3.8, 4) is 11.8 Å². The topological polar surface area (TPSA) is 80.9 Å². The molecule has 2 aromatic heterocycles. The standard InChI is InChI=1S/C12H10N4OS/c13-3-1-2-9-6-10(8-14-7-9)11(17)16-12-15-4-5-18-12/h4-8H,3,13H2,(H,15,16,17). The molecule has 2 aromatic rings. The molecule has 0 spiro atoms. The lowest BCUT2D eigenvalue weighted by molar-refractivity contribution is 0.102. The second-order valence-corrected chi connectivity index (χ2v) is 4.15.